The zero-order valence-corrected chi connectivity index (χ0v) is 22.4. The second kappa shape index (κ2) is 10.2. The molecule has 1 N–H and O–H groups in total. The Hall–Kier alpha value is -2.97. The number of fused-ring (bicyclic) bond motifs is 1. The van der Waals surface area contributed by atoms with E-state index in [0.717, 1.165) is 48.3 Å². The van der Waals surface area contributed by atoms with E-state index in [0.29, 0.717) is 32.8 Å². The first-order valence-electron chi connectivity index (χ1n) is 12.4. The second-order valence-corrected chi connectivity index (χ2v) is 11.6. The molecule has 1 aliphatic heterocycles. The number of carbonyl (C=O) groups excluding carboxylic acids is 1. The van der Waals surface area contributed by atoms with Crippen LogP contribution in [0.4, 0.5) is 5.82 Å². The molecule has 6 nitrogen and oxygen atoms in total. The van der Waals surface area contributed by atoms with Crippen LogP contribution in [0.25, 0.3) is 11.7 Å². The summed E-state index contributed by atoms with van der Waals surface area (Å²) in [6.45, 7) is 6.66. The maximum absolute atomic E-state index is 13.6. The van der Waals surface area contributed by atoms with Crippen molar-refractivity contribution in [1.82, 2.24) is 14.3 Å². The molecule has 0 unspecified atom stereocenters. The standard InChI is InChI=1S/C28H30N4O2S2/c1-17-4-9-20(10-5-17)16-32-27(34)23(36-28(32)35)14-22-25(29-21-11-6-18(2)7-12-21)30-24-13-8-19(3)15-31(24)26(22)33/h4-5,8-10,13-15,18,21,29H,6-7,11-12,16H2,1-3H3. The molecule has 1 aliphatic carbocycles. The van der Waals surface area contributed by atoms with Gasteiger partial charge in [-0.05, 0) is 68.7 Å². The quantitative estimate of drug-likeness (QED) is 0.345. The molecule has 1 saturated carbocycles. The van der Waals surface area contributed by atoms with E-state index in [4.69, 9.17) is 17.2 Å². The van der Waals surface area contributed by atoms with Gasteiger partial charge in [0, 0.05) is 12.2 Å². The monoisotopic (exact) mass is 518 g/mol. The lowest BCUT2D eigenvalue weighted by atomic mass is 9.87. The van der Waals surface area contributed by atoms with Crippen molar-refractivity contribution in [3.63, 3.8) is 0 Å². The summed E-state index contributed by atoms with van der Waals surface area (Å²) < 4.78 is 2.05. The molecule has 1 saturated heterocycles. The first-order valence-corrected chi connectivity index (χ1v) is 13.6. The van der Waals surface area contributed by atoms with Gasteiger partial charge in [0.05, 0.1) is 17.0 Å². The van der Waals surface area contributed by atoms with Crippen molar-refractivity contribution in [1.29, 1.82) is 0 Å². The number of carbonyl (C=O) groups is 1. The van der Waals surface area contributed by atoms with Crippen molar-refractivity contribution < 1.29 is 4.79 Å². The number of hydrogen-bond acceptors (Lipinski definition) is 6. The number of thiocarbonyl (C=S) groups is 1. The summed E-state index contributed by atoms with van der Waals surface area (Å²) in [6.07, 6.45) is 7.83. The first-order chi connectivity index (χ1) is 17.3. The lowest BCUT2D eigenvalue weighted by Crippen LogP contribution is -2.29. The van der Waals surface area contributed by atoms with E-state index in [9.17, 15) is 9.59 Å². The normalized spacial score (nSPS) is 21.5. The van der Waals surface area contributed by atoms with E-state index in [2.05, 4.69) is 12.2 Å². The van der Waals surface area contributed by atoms with Crippen LogP contribution in [0.5, 0.6) is 0 Å². The average molecular weight is 519 g/mol. The SMILES string of the molecule is Cc1ccc(CN2C(=O)C(=Cc3c(NC4CCC(C)CC4)nc4ccc(C)cn4c3=O)SC2=S)cc1. The zero-order chi connectivity index (χ0) is 25.4. The topological polar surface area (TPSA) is 66.7 Å². The molecule has 186 valence electrons. The van der Waals surface area contributed by atoms with Crippen molar-refractivity contribution in [2.24, 2.45) is 5.92 Å². The maximum atomic E-state index is 13.6. The number of thioether (sulfide) groups is 1. The van der Waals surface area contributed by atoms with Gasteiger partial charge >= 0.3 is 0 Å². The number of hydrogen-bond donors (Lipinski definition) is 1. The fraction of sp³-hybridized carbons (Fsp3) is 0.357. The summed E-state index contributed by atoms with van der Waals surface area (Å²) in [5.41, 5.74) is 3.92. The number of pyridine rings is 1. The lowest BCUT2D eigenvalue weighted by molar-refractivity contribution is -0.122. The van der Waals surface area contributed by atoms with Crippen molar-refractivity contribution in [2.45, 2.75) is 59.0 Å². The Kier molecular flexibility index (Phi) is 6.99. The highest BCUT2D eigenvalue weighted by Crippen LogP contribution is 2.34. The summed E-state index contributed by atoms with van der Waals surface area (Å²) in [5.74, 6) is 1.07. The highest BCUT2D eigenvalue weighted by Gasteiger charge is 2.33. The van der Waals surface area contributed by atoms with E-state index in [1.807, 2.05) is 50.2 Å². The fourth-order valence-electron chi connectivity index (χ4n) is 4.74. The molecule has 1 amide bonds. The predicted octanol–water partition coefficient (Wildman–Crippen LogP) is 5.70. The number of rotatable bonds is 5. The van der Waals surface area contributed by atoms with E-state index in [1.54, 1.807) is 21.6 Å². The van der Waals surface area contributed by atoms with Gasteiger partial charge in [-0.1, -0.05) is 66.8 Å². The third kappa shape index (κ3) is 5.11. The summed E-state index contributed by atoms with van der Waals surface area (Å²) in [7, 11) is 0. The van der Waals surface area contributed by atoms with Gasteiger partial charge in [0.25, 0.3) is 11.5 Å². The molecular formula is C28H30N4O2S2. The Balaban J connectivity index is 1.51. The Bertz CT molecular complexity index is 1420. The van der Waals surface area contributed by atoms with Crippen molar-refractivity contribution in [3.8, 4) is 0 Å². The van der Waals surface area contributed by atoms with Gasteiger partial charge < -0.3 is 5.32 Å². The highest BCUT2D eigenvalue weighted by atomic mass is 32.2. The minimum atomic E-state index is -0.195. The molecule has 0 radical (unpaired) electrons. The van der Waals surface area contributed by atoms with Crippen LogP contribution in [-0.4, -0.2) is 30.6 Å². The van der Waals surface area contributed by atoms with E-state index in [1.165, 1.54) is 11.8 Å². The number of nitrogens with zero attached hydrogens (tertiary/aromatic N) is 3. The summed E-state index contributed by atoms with van der Waals surface area (Å²) in [5, 5.41) is 3.54. The number of aromatic nitrogens is 2. The van der Waals surface area contributed by atoms with Gasteiger partial charge in [-0.15, -0.1) is 0 Å². The summed E-state index contributed by atoms with van der Waals surface area (Å²) in [4.78, 5) is 33.9. The van der Waals surface area contributed by atoms with Crippen LogP contribution in [0.3, 0.4) is 0 Å². The number of amides is 1. The van der Waals surface area contributed by atoms with E-state index < -0.39 is 0 Å². The molecule has 0 bridgehead atoms. The molecule has 3 aromatic rings. The van der Waals surface area contributed by atoms with Crippen LogP contribution in [0.1, 0.15) is 54.9 Å². The number of nitrogens with one attached hydrogen (secondary N) is 1. The molecule has 0 spiro atoms. The number of aryl methyl sites for hydroxylation is 2. The summed E-state index contributed by atoms with van der Waals surface area (Å²) in [6, 6.07) is 12.1. The van der Waals surface area contributed by atoms with Gasteiger partial charge in [-0.3, -0.25) is 18.9 Å². The van der Waals surface area contributed by atoms with Crippen LogP contribution < -0.4 is 10.9 Å². The maximum Gasteiger partial charge on any atom is 0.267 e. The Labute approximate surface area is 220 Å². The van der Waals surface area contributed by atoms with Crippen LogP contribution in [0, 0.1) is 19.8 Å². The third-order valence-electron chi connectivity index (χ3n) is 6.97. The Morgan fingerprint density at radius 2 is 1.75 bits per heavy atom. The summed E-state index contributed by atoms with van der Waals surface area (Å²) >= 11 is 6.79. The minimum Gasteiger partial charge on any atom is -0.367 e. The van der Waals surface area contributed by atoms with E-state index >= 15 is 0 Å². The van der Waals surface area contributed by atoms with E-state index in [-0.39, 0.29) is 17.5 Å². The van der Waals surface area contributed by atoms with Gasteiger partial charge in [0.2, 0.25) is 0 Å². The Morgan fingerprint density at radius 1 is 1.06 bits per heavy atom. The molecule has 36 heavy (non-hydrogen) atoms. The molecule has 3 heterocycles. The minimum absolute atomic E-state index is 0.184. The molecule has 2 aromatic heterocycles. The average Bonchev–Trinajstić information content (AvgIpc) is 3.12. The van der Waals surface area contributed by atoms with Gasteiger partial charge in [-0.2, -0.15) is 0 Å². The zero-order valence-electron chi connectivity index (χ0n) is 20.8. The molecule has 0 atom stereocenters. The lowest BCUT2D eigenvalue weighted by Gasteiger charge is -2.27. The van der Waals surface area contributed by atoms with Gasteiger partial charge in [0.1, 0.15) is 15.8 Å². The first kappa shape index (κ1) is 24.7. The van der Waals surface area contributed by atoms with Crippen molar-refractivity contribution in [2.75, 3.05) is 5.32 Å². The van der Waals surface area contributed by atoms with Gasteiger partial charge in [0.15, 0.2) is 0 Å². The number of anilines is 1. The van der Waals surface area contributed by atoms with Crippen molar-refractivity contribution >= 4 is 51.7 Å². The smallest absolute Gasteiger partial charge is 0.267 e. The van der Waals surface area contributed by atoms with Crippen LogP contribution in [0.15, 0.2) is 52.3 Å². The largest absolute Gasteiger partial charge is 0.367 e. The van der Waals surface area contributed by atoms with Crippen LogP contribution in [-0.2, 0) is 11.3 Å². The van der Waals surface area contributed by atoms with Crippen molar-refractivity contribution in [3.05, 3.63) is 80.1 Å². The van der Waals surface area contributed by atoms with Gasteiger partial charge in [-0.25, -0.2) is 4.98 Å². The highest BCUT2D eigenvalue weighted by molar-refractivity contribution is 8.26. The predicted molar refractivity (Wildman–Crippen MR) is 151 cm³/mol. The molecule has 2 fully saturated rings. The molecule has 8 heteroatoms. The number of benzene rings is 1. The van der Waals surface area contributed by atoms with Crippen LogP contribution >= 0.6 is 24.0 Å². The Morgan fingerprint density at radius 3 is 2.47 bits per heavy atom. The molecule has 2 aliphatic rings. The molecule has 5 rings (SSSR count). The molecular weight excluding hydrogens is 488 g/mol. The fourth-order valence-corrected chi connectivity index (χ4v) is 5.98. The molecule has 1 aromatic carbocycles. The second-order valence-electron chi connectivity index (χ2n) is 9.97. The third-order valence-corrected chi connectivity index (χ3v) is 8.35. The van der Waals surface area contributed by atoms with Crippen LogP contribution in [0.2, 0.25) is 0 Å².